The van der Waals surface area contributed by atoms with E-state index in [0.717, 1.165) is 18.6 Å². The molecule has 0 aliphatic heterocycles. The number of methoxy groups -OCH3 is 1. The number of hydrogen-bond acceptors (Lipinski definition) is 2. The van der Waals surface area contributed by atoms with Gasteiger partial charge in [-0.15, -0.1) is 0 Å². The summed E-state index contributed by atoms with van der Waals surface area (Å²) in [5, 5.41) is 3.74. The van der Waals surface area contributed by atoms with Gasteiger partial charge in [-0.25, -0.2) is 0 Å². The first-order valence-corrected chi connectivity index (χ1v) is 6.48. The van der Waals surface area contributed by atoms with E-state index in [1.54, 1.807) is 0 Å². The molecule has 2 aliphatic rings. The molecule has 0 amide bonds. The van der Waals surface area contributed by atoms with Gasteiger partial charge in [-0.1, -0.05) is 6.42 Å². The van der Waals surface area contributed by atoms with E-state index in [4.69, 9.17) is 4.74 Å². The van der Waals surface area contributed by atoms with Gasteiger partial charge in [0.15, 0.2) is 0 Å². The van der Waals surface area contributed by atoms with Crippen LogP contribution in [0, 0.1) is 11.3 Å². The summed E-state index contributed by atoms with van der Waals surface area (Å²) in [5.74, 6) is 0.976. The van der Waals surface area contributed by atoms with Gasteiger partial charge < -0.3 is 10.1 Å². The van der Waals surface area contributed by atoms with Gasteiger partial charge in [0.2, 0.25) is 0 Å². The number of hydrogen-bond donors (Lipinski definition) is 1. The maximum absolute atomic E-state index is 5.21. The second kappa shape index (κ2) is 4.84. The molecule has 2 fully saturated rings. The molecular formula is C13H25NO. The lowest BCUT2D eigenvalue weighted by atomic mass is 9.66. The van der Waals surface area contributed by atoms with E-state index in [0.29, 0.717) is 5.41 Å². The maximum Gasteiger partial charge on any atom is 0.0468 e. The van der Waals surface area contributed by atoms with Crippen molar-refractivity contribution in [2.45, 2.75) is 51.5 Å². The highest BCUT2D eigenvalue weighted by Gasteiger charge is 2.37. The van der Waals surface area contributed by atoms with Crippen molar-refractivity contribution in [2.24, 2.45) is 11.3 Å². The predicted octanol–water partition coefficient (Wildman–Crippen LogP) is 2.58. The Labute approximate surface area is 93.8 Å². The van der Waals surface area contributed by atoms with Crippen molar-refractivity contribution in [3.05, 3.63) is 0 Å². The fourth-order valence-electron chi connectivity index (χ4n) is 2.65. The fraction of sp³-hybridized carbons (Fsp3) is 1.00. The van der Waals surface area contributed by atoms with Crippen LogP contribution in [0.5, 0.6) is 0 Å². The van der Waals surface area contributed by atoms with Gasteiger partial charge in [-0.05, 0) is 50.4 Å². The highest BCUT2D eigenvalue weighted by molar-refractivity contribution is 4.92. The van der Waals surface area contributed by atoms with E-state index in [1.807, 2.05) is 7.11 Å². The summed E-state index contributed by atoms with van der Waals surface area (Å²) < 4.78 is 5.21. The quantitative estimate of drug-likeness (QED) is 0.699. The van der Waals surface area contributed by atoms with Gasteiger partial charge in [0, 0.05) is 26.3 Å². The lowest BCUT2D eigenvalue weighted by Gasteiger charge is -2.43. The van der Waals surface area contributed by atoms with Gasteiger partial charge >= 0.3 is 0 Å². The molecule has 0 aromatic carbocycles. The summed E-state index contributed by atoms with van der Waals surface area (Å²) in [7, 11) is 1.81. The predicted molar refractivity (Wildman–Crippen MR) is 63.0 cm³/mol. The molecule has 2 nitrogen and oxygen atoms in total. The van der Waals surface area contributed by atoms with Crippen molar-refractivity contribution < 1.29 is 4.74 Å². The number of nitrogens with one attached hydrogen (secondary N) is 1. The standard InChI is InChI=1S/C13H25NO/c1-11(12-4-5-12)14-10-13(6-3-7-13)8-9-15-2/h11-12,14H,3-10H2,1-2H3. The highest BCUT2D eigenvalue weighted by Crippen LogP contribution is 2.43. The molecule has 2 heteroatoms. The van der Waals surface area contributed by atoms with Crippen LogP contribution in [0.25, 0.3) is 0 Å². The summed E-state index contributed by atoms with van der Waals surface area (Å²) in [5.41, 5.74) is 0.583. The Hall–Kier alpha value is -0.0800. The average Bonchev–Trinajstić information content (AvgIpc) is 2.98. The van der Waals surface area contributed by atoms with E-state index in [2.05, 4.69) is 12.2 Å². The zero-order valence-corrected chi connectivity index (χ0v) is 10.2. The van der Waals surface area contributed by atoms with Gasteiger partial charge in [0.05, 0.1) is 0 Å². The first kappa shape index (κ1) is 11.4. The van der Waals surface area contributed by atoms with Gasteiger partial charge in [0.25, 0.3) is 0 Å². The van der Waals surface area contributed by atoms with Crippen molar-refractivity contribution in [3.8, 4) is 0 Å². The smallest absolute Gasteiger partial charge is 0.0468 e. The molecule has 2 saturated carbocycles. The molecule has 1 unspecified atom stereocenters. The molecule has 0 spiro atoms. The van der Waals surface area contributed by atoms with Crippen LogP contribution in [0.2, 0.25) is 0 Å². The van der Waals surface area contributed by atoms with E-state index in [-0.39, 0.29) is 0 Å². The van der Waals surface area contributed by atoms with Crippen molar-refractivity contribution in [1.29, 1.82) is 0 Å². The molecule has 0 aromatic rings. The van der Waals surface area contributed by atoms with E-state index in [9.17, 15) is 0 Å². The summed E-state index contributed by atoms with van der Waals surface area (Å²) in [6.45, 7) is 4.49. The van der Waals surface area contributed by atoms with Crippen molar-refractivity contribution in [3.63, 3.8) is 0 Å². The molecule has 0 aromatic heterocycles. The average molecular weight is 211 g/mol. The summed E-state index contributed by atoms with van der Waals surface area (Å²) in [4.78, 5) is 0. The lowest BCUT2D eigenvalue weighted by molar-refractivity contribution is 0.0662. The Balaban J connectivity index is 1.69. The lowest BCUT2D eigenvalue weighted by Crippen LogP contribution is -2.44. The molecule has 1 atom stereocenters. The van der Waals surface area contributed by atoms with Crippen LogP contribution in [-0.2, 0) is 4.74 Å². The minimum Gasteiger partial charge on any atom is -0.385 e. The number of ether oxygens (including phenoxy) is 1. The molecule has 0 saturated heterocycles. The fourth-order valence-corrected chi connectivity index (χ4v) is 2.65. The van der Waals surface area contributed by atoms with E-state index >= 15 is 0 Å². The van der Waals surface area contributed by atoms with Crippen LogP contribution >= 0.6 is 0 Å². The Morgan fingerprint density at radius 1 is 1.40 bits per heavy atom. The van der Waals surface area contributed by atoms with Crippen LogP contribution in [0.3, 0.4) is 0 Å². The van der Waals surface area contributed by atoms with Gasteiger partial charge in [-0.2, -0.15) is 0 Å². The first-order valence-electron chi connectivity index (χ1n) is 6.48. The van der Waals surface area contributed by atoms with E-state index < -0.39 is 0 Å². The Morgan fingerprint density at radius 2 is 2.13 bits per heavy atom. The summed E-state index contributed by atoms with van der Waals surface area (Å²) in [6.07, 6.45) is 8.36. The molecule has 2 rings (SSSR count). The Morgan fingerprint density at radius 3 is 2.60 bits per heavy atom. The highest BCUT2D eigenvalue weighted by atomic mass is 16.5. The van der Waals surface area contributed by atoms with Crippen LogP contribution in [-0.4, -0.2) is 26.3 Å². The maximum atomic E-state index is 5.21. The monoisotopic (exact) mass is 211 g/mol. The third-order valence-electron chi connectivity index (χ3n) is 4.38. The molecule has 2 aliphatic carbocycles. The van der Waals surface area contributed by atoms with Crippen molar-refractivity contribution in [2.75, 3.05) is 20.3 Å². The largest absolute Gasteiger partial charge is 0.385 e. The molecule has 0 radical (unpaired) electrons. The molecule has 1 N–H and O–H groups in total. The normalized spacial score (nSPS) is 26.0. The molecule has 15 heavy (non-hydrogen) atoms. The summed E-state index contributed by atoms with van der Waals surface area (Å²) in [6, 6.07) is 0.741. The second-order valence-corrected chi connectivity index (χ2v) is 5.60. The molecule has 0 bridgehead atoms. The third kappa shape index (κ3) is 2.94. The third-order valence-corrected chi connectivity index (χ3v) is 4.38. The minimum absolute atomic E-state index is 0.583. The Bertz CT molecular complexity index is 197. The minimum atomic E-state index is 0.583. The van der Waals surface area contributed by atoms with Gasteiger partial charge in [-0.3, -0.25) is 0 Å². The van der Waals surface area contributed by atoms with E-state index in [1.165, 1.54) is 45.1 Å². The van der Waals surface area contributed by atoms with Crippen LogP contribution in [0.1, 0.15) is 45.4 Å². The molecule has 88 valence electrons. The summed E-state index contributed by atoms with van der Waals surface area (Å²) >= 11 is 0. The SMILES string of the molecule is COCCC1(CNC(C)C2CC2)CCC1. The number of rotatable bonds is 7. The first-order chi connectivity index (χ1) is 7.26. The van der Waals surface area contributed by atoms with Crippen LogP contribution < -0.4 is 5.32 Å². The second-order valence-electron chi connectivity index (χ2n) is 5.60. The zero-order valence-electron chi connectivity index (χ0n) is 10.2. The van der Waals surface area contributed by atoms with Crippen molar-refractivity contribution in [1.82, 2.24) is 5.32 Å². The zero-order chi connectivity index (χ0) is 10.7. The van der Waals surface area contributed by atoms with Crippen LogP contribution in [0.15, 0.2) is 0 Å². The van der Waals surface area contributed by atoms with Crippen LogP contribution in [0.4, 0.5) is 0 Å². The van der Waals surface area contributed by atoms with Crippen molar-refractivity contribution >= 4 is 0 Å². The molecular weight excluding hydrogens is 186 g/mol. The van der Waals surface area contributed by atoms with Gasteiger partial charge in [0.1, 0.15) is 0 Å². The Kier molecular flexibility index (Phi) is 3.68. The topological polar surface area (TPSA) is 21.3 Å². The molecule has 0 heterocycles.